The van der Waals surface area contributed by atoms with Gasteiger partial charge in [-0.3, -0.25) is 4.99 Å². The van der Waals surface area contributed by atoms with E-state index in [1.54, 1.807) is 7.05 Å². The topological polar surface area (TPSA) is 40.5 Å². The Morgan fingerprint density at radius 2 is 1.96 bits per heavy atom. The summed E-state index contributed by atoms with van der Waals surface area (Å²) in [5, 5.41) is 4.42. The summed E-state index contributed by atoms with van der Waals surface area (Å²) in [6.45, 7) is 0.846. The lowest BCUT2D eigenvalue weighted by molar-refractivity contribution is -0.140. The first-order valence-corrected chi connectivity index (χ1v) is 7.75. The van der Waals surface area contributed by atoms with Crippen molar-refractivity contribution in [2.24, 2.45) is 4.99 Å². The van der Waals surface area contributed by atoms with E-state index >= 15 is 0 Å². The SMILES string of the molecule is CN=C(NCc1nc(C(F)(F)F)cs1)N(C)Cc1ccccc1.I. The van der Waals surface area contributed by atoms with Gasteiger partial charge in [-0.1, -0.05) is 30.3 Å². The number of rotatable bonds is 4. The molecule has 2 rings (SSSR count). The van der Waals surface area contributed by atoms with Crippen molar-refractivity contribution in [1.29, 1.82) is 0 Å². The summed E-state index contributed by atoms with van der Waals surface area (Å²) in [5.74, 6) is 0.595. The molecule has 0 atom stereocenters. The average Bonchev–Trinajstić information content (AvgIpc) is 2.98. The van der Waals surface area contributed by atoms with E-state index in [1.165, 1.54) is 0 Å². The Morgan fingerprint density at radius 1 is 1.29 bits per heavy atom. The first kappa shape index (κ1) is 20.7. The lowest BCUT2D eigenvalue weighted by atomic mass is 10.2. The van der Waals surface area contributed by atoms with E-state index in [-0.39, 0.29) is 30.5 Å². The molecule has 0 unspecified atom stereocenters. The maximum atomic E-state index is 12.5. The lowest BCUT2D eigenvalue weighted by Crippen LogP contribution is -2.38. The van der Waals surface area contributed by atoms with Crippen molar-refractivity contribution in [1.82, 2.24) is 15.2 Å². The van der Waals surface area contributed by atoms with Crippen LogP contribution in [0.25, 0.3) is 0 Å². The Balaban J connectivity index is 0.00000288. The Hall–Kier alpha value is -1.36. The standard InChI is InChI=1S/C15H17F3N4S.HI/c1-19-14(22(2)9-11-6-4-3-5-7-11)20-8-13-21-12(10-23-13)15(16,17)18;/h3-7,10H,8-9H2,1-2H3,(H,19,20);1H. The molecule has 0 fully saturated rings. The van der Waals surface area contributed by atoms with Gasteiger partial charge in [0.25, 0.3) is 0 Å². The highest BCUT2D eigenvalue weighted by Gasteiger charge is 2.33. The van der Waals surface area contributed by atoms with Gasteiger partial charge in [0.05, 0.1) is 6.54 Å². The van der Waals surface area contributed by atoms with Crippen LogP contribution in [0.2, 0.25) is 0 Å². The van der Waals surface area contributed by atoms with Gasteiger partial charge in [-0.25, -0.2) is 4.98 Å². The molecule has 0 spiro atoms. The molecule has 0 amide bonds. The maximum absolute atomic E-state index is 12.5. The fraction of sp³-hybridized carbons (Fsp3) is 0.333. The van der Waals surface area contributed by atoms with Gasteiger partial charge in [-0.2, -0.15) is 13.2 Å². The largest absolute Gasteiger partial charge is 0.434 e. The Labute approximate surface area is 159 Å². The van der Waals surface area contributed by atoms with Crippen LogP contribution < -0.4 is 5.32 Å². The fourth-order valence-electron chi connectivity index (χ4n) is 1.99. The van der Waals surface area contributed by atoms with Crippen LogP contribution in [-0.4, -0.2) is 29.9 Å². The Morgan fingerprint density at radius 3 is 2.50 bits per heavy atom. The van der Waals surface area contributed by atoms with E-state index in [2.05, 4.69) is 15.3 Å². The van der Waals surface area contributed by atoms with Crippen molar-refractivity contribution in [3.63, 3.8) is 0 Å². The van der Waals surface area contributed by atoms with E-state index in [1.807, 2.05) is 42.3 Å². The third kappa shape index (κ3) is 5.93. The number of benzene rings is 1. The first-order chi connectivity index (χ1) is 10.9. The van der Waals surface area contributed by atoms with Crippen molar-refractivity contribution in [2.45, 2.75) is 19.3 Å². The Bertz CT molecular complexity index is 658. The summed E-state index contributed by atoms with van der Waals surface area (Å²) >= 11 is 0.977. The minimum atomic E-state index is -4.40. The zero-order valence-corrected chi connectivity index (χ0v) is 16.3. The molecule has 1 N–H and O–H groups in total. The second-order valence-electron chi connectivity index (χ2n) is 4.87. The molecular weight excluding hydrogens is 452 g/mol. The Kier molecular flexibility index (Phi) is 7.94. The maximum Gasteiger partial charge on any atom is 0.434 e. The zero-order valence-electron chi connectivity index (χ0n) is 13.2. The molecule has 24 heavy (non-hydrogen) atoms. The third-order valence-corrected chi connectivity index (χ3v) is 3.92. The molecule has 0 aliphatic heterocycles. The van der Waals surface area contributed by atoms with E-state index in [9.17, 15) is 13.2 Å². The minimum Gasteiger partial charge on any atom is -0.350 e. The van der Waals surface area contributed by atoms with Gasteiger partial charge in [0.15, 0.2) is 11.7 Å². The normalized spacial score (nSPS) is 11.8. The first-order valence-electron chi connectivity index (χ1n) is 6.87. The molecule has 9 heteroatoms. The van der Waals surface area contributed by atoms with Gasteiger partial charge < -0.3 is 10.2 Å². The van der Waals surface area contributed by atoms with E-state index in [0.717, 1.165) is 22.3 Å². The summed E-state index contributed by atoms with van der Waals surface area (Å²) < 4.78 is 37.6. The number of alkyl halides is 3. The molecule has 4 nitrogen and oxygen atoms in total. The highest BCUT2D eigenvalue weighted by molar-refractivity contribution is 14.0. The molecule has 1 aromatic carbocycles. The highest BCUT2D eigenvalue weighted by Crippen LogP contribution is 2.29. The second kappa shape index (κ2) is 9.21. The van der Waals surface area contributed by atoms with Crippen LogP contribution in [0, 0.1) is 0 Å². The molecule has 1 heterocycles. The number of thiazole rings is 1. The second-order valence-corrected chi connectivity index (χ2v) is 5.81. The molecule has 0 saturated heterocycles. The fourth-order valence-corrected chi connectivity index (χ4v) is 2.73. The van der Waals surface area contributed by atoms with Crippen LogP contribution in [0.1, 0.15) is 16.3 Å². The number of aliphatic imine (C=N–C) groups is 1. The van der Waals surface area contributed by atoms with Crippen molar-refractivity contribution in [3.8, 4) is 0 Å². The van der Waals surface area contributed by atoms with Crippen LogP contribution >= 0.6 is 35.3 Å². The van der Waals surface area contributed by atoms with Crippen molar-refractivity contribution < 1.29 is 13.2 Å². The third-order valence-electron chi connectivity index (χ3n) is 3.08. The van der Waals surface area contributed by atoms with Crippen molar-refractivity contribution in [3.05, 3.63) is 52.0 Å². The molecule has 0 saturated carbocycles. The molecule has 0 aliphatic carbocycles. The van der Waals surface area contributed by atoms with Gasteiger partial charge in [0.2, 0.25) is 0 Å². The molecule has 0 bridgehead atoms. The van der Waals surface area contributed by atoms with Crippen LogP contribution in [-0.2, 0) is 19.3 Å². The molecule has 2 aromatic rings. The average molecular weight is 470 g/mol. The number of halogens is 4. The predicted octanol–water partition coefficient (Wildman–Crippen LogP) is 3.99. The number of guanidine groups is 1. The van der Waals surface area contributed by atoms with Gasteiger partial charge in [-0.15, -0.1) is 35.3 Å². The summed E-state index contributed by atoms with van der Waals surface area (Å²) in [7, 11) is 3.50. The van der Waals surface area contributed by atoms with Crippen LogP contribution in [0.3, 0.4) is 0 Å². The lowest BCUT2D eigenvalue weighted by Gasteiger charge is -2.21. The van der Waals surface area contributed by atoms with E-state index in [0.29, 0.717) is 17.5 Å². The number of nitrogens with one attached hydrogen (secondary N) is 1. The van der Waals surface area contributed by atoms with Crippen LogP contribution in [0.5, 0.6) is 0 Å². The quantitative estimate of drug-likeness (QED) is 0.418. The molecule has 0 aliphatic rings. The number of nitrogens with zero attached hydrogens (tertiary/aromatic N) is 3. The summed E-state index contributed by atoms with van der Waals surface area (Å²) in [6, 6.07) is 9.85. The summed E-state index contributed by atoms with van der Waals surface area (Å²) in [4.78, 5) is 9.63. The summed E-state index contributed by atoms with van der Waals surface area (Å²) in [6.07, 6.45) is -4.40. The molecule has 132 valence electrons. The summed E-state index contributed by atoms with van der Waals surface area (Å²) in [5.41, 5.74) is 0.262. The van der Waals surface area contributed by atoms with Gasteiger partial charge >= 0.3 is 6.18 Å². The molecule has 1 aromatic heterocycles. The smallest absolute Gasteiger partial charge is 0.350 e. The van der Waals surface area contributed by atoms with Crippen LogP contribution in [0.15, 0.2) is 40.7 Å². The van der Waals surface area contributed by atoms with E-state index < -0.39 is 11.9 Å². The van der Waals surface area contributed by atoms with Gasteiger partial charge in [0.1, 0.15) is 5.01 Å². The highest BCUT2D eigenvalue weighted by atomic mass is 127. The minimum absolute atomic E-state index is 0. The monoisotopic (exact) mass is 470 g/mol. The molecular formula is C15H18F3IN4S. The van der Waals surface area contributed by atoms with Gasteiger partial charge in [0, 0.05) is 26.0 Å². The predicted molar refractivity (Wildman–Crippen MR) is 101 cm³/mol. The number of hydrogen-bond donors (Lipinski definition) is 1. The number of hydrogen-bond acceptors (Lipinski definition) is 3. The number of aromatic nitrogens is 1. The van der Waals surface area contributed by atoms with Gasteiger partial charge in [-0.05, 0) is 5.56 Å². The zero-order chi connectivity index (χ0) is 16.9. The van der Waals surface area contributed by atoms with E-state index in [4.69, 9.17) is 0 Å². The van der Waals surface area contributed by atoms with Crippen molar-refractivity contribution in [2.75, 3.05) is 14.1 Å². The van der Waals surface area contributed by atoms with Crippen LogP contribution in [0.4, 0.5) is 13.2 Å². The molecule has 0 radical (unpaired) electrons. The van der Waals surface area contributed by atoms with Crippen molar-refractivity contribution >= 4 is 41.3 Å².